The van der Waals surface area contributed by atoms with Crippen LogP contribution in [-0.4, -0.2) is 41.8 Å². The van der Waals surface area contributed by atoms with Gasteiger partial charge in [-0.1, -0.05) is 46.1 Å². The summed E-state index contributed by atoms with van der Waals surface area (Å²) in [7, 11) is 0. The van der Waals surface area contributed by atoms with E-state index in [4.69, 9.17) is 0 Å². The molecule has 6 heteroatoms. The van der Waals surface area contributed by atoms with Crippen LogP contribution >= 0.6 is 0 Å². The van der Waals surface area contributed by atoms with Crippen LogP contribution in [0.25, 0.3) is 0 Å². The summed E-state index contributed by atoms with van der Waals surface area (Å²) < 4.78 is 0. The van der Waals surface area contributed by atoms with Crippen LogP contribution in [0.5, 0.6) is 0 Å². The number of nitrogens with one attached hydrogen (secondary N) is 2. The van der Waals surface area contributed by atoms with Gasteiger partial charge in [-0.3, -0.25) is 14.4 Å². The highest BCUT2D eigenvalue weighted by molar-refractivity contribution is 5.98. The van der Waals surface area contributed by atoms with Crippen LogP contribution in [0.1, 0.15) is 76.1 Å². The predicted octanol–water partition coefficient (Wildman–Crippen LogP) is 3.97. The van der Waals surface area contributed by atoms with Gasteiger partial charge in [0.1, 0.15) is 0 Å². The van der Waals surface area contributed by atoms with E-state index in [1.807, 2.05) is 25.7 Å². The lowest BCUT2D eigenvalue weighted by Crippen LogP contribution is -2.48. The minimum atomic E-state index is -0.499. The Labute approximate surface area is 179 Å². The summed E-state index contributed by atoms with van der Waals surface area (Å²) in [6.07, 6.45) is 7.19. The van der Waals surface area contributed by atoms with Crippen molar-refractivity contribution < 1.29 is 14.4 Å². The van der Waals surface area contributed by atoms with E-state index in [2.05, 4.69) is 10.6 Å². The Bertz CT molecular complexity index is 770. The summed E-state index contributed by atoms with van der Waals surface area (Å²) in [5.74, 6) is 0.284. The molecule has 1 aromatic carbocycles. The first kappa shape index (κ1) is 22.3. The fourth-order valence-electron chi connectivity index (χ4n) is 4.18. The topological polar surface area (TPSA) is 78.5 Å². The van der Waals surface area contributed by atoms with Crippen LogP contribution in [0.3, 0.4) is 0 Å². The Kier molecular flexibility index (Phi) is 7.16. The summed E-state index contributed by atoms with van der Waals surface area (Å²) in [5.41, 5.74) is 0.652. The molecule has 1 heterocycles. The molecule has 0 unspecified atom stereocenters. The van der Waals surface area contributed by atoms with Gasteiger partial charge >= 0.3 is 0 Å². The summed E-state index contributed by atoms with van der Waals surface area (Å²) >= 11 is 0. The molecule has 1 saturated carbocycles. The zero-order chi connectivity index (χ0) is 21.7. The Balaban J connectivity index is 1.50. The molecule has 6 nitrogen and oxygen atoms in total. The van der Waals surface area contributed by atoms with E-state index in [-0.39, 0.29) is 23.8 Å². The average molecular weight is 414 g/mol. The van der Waals surface area contributed by atoms with E-state index in [1.165, 1.54) is 6.42 Å². The van der Waals surface area contributed by atoms with Crippen LogP contribution in [0.15, 0.2) is 24.3 Å². The molecule has 30 heavy (non-hydrogen) atoms. The number of nitrogens with zero attached hydrogens (tertiary/aromatic N) is 1. The molecular formula is C24H35N3O3. The Morgan fingerprint density at radius 2 is 1.63 bits per heavy atom. The third-order valence-electron chi connectivity index (χ3n) is 6.16. The second-order valence-electron chi connectivity index (χ2n) is 9.69. The molecule has 0 radical (unpaired) electrons. The number of likely N-dealkylation sites (tertiary alicyclic amines) is 1. The number of piperidine rings is 1. The standard InChI is InChI=1S/C24H35N3O3/c1-24(2,3)23(30)26-20-11-7-10-18(16-20)21(28)25-19-12-14-27(15-13-19)22(29)17-8-5-4-6-9-17/h7,10-11,16-17,19H,4-6,8-9,12-15H2,1-3H3,(H,25,28)(H,26,30). The van der Waals surface area contributed by atoms with Crippen LogP contribution in [0, 0.1) is 11.3 Å². The van der Waals surface area contributed by atoms with Gasteiger partial charge in [0, 0.05) is 41.7 Å². The van der Waals surface area contributed by atoms with E-state index in [9.17, 15) is 14.4 Å². The number of rotatable bonds is 4. The normalized spacial score (nSPS) is 18.7. The van der Waals surface area contributed by atoms with Gasteiger partial charge in [0.05, 0.1) is 0 Å². The highest BCUT2D eigenvalue weighted by Gasteiger charge is 2.29. The summed E-state index contributed by atoms with van der Waals surface area (Å²) in [6, 6.07) is 7.10. The molecule has 2 aliphatic rings. The predicted molar refractivity (Wildman–Crippen MR) is 118 cm³/mol. The van der Waals surface area contributed by atoms with Crippen LogP contribution < -0.4 is 10.6 Å². The van der Waals surface area contributed by atoms with Gasteiger partial charge in [-0.2, -0.15) is 0 Å². The lowest BCUT2D eigenvalue weighted by atomic mass is 9.87. The first-order valence-corrected chi connectivity index (χ1v) is 11.3. The average Bonchev–Trinajstić information content (AvgIpc) is 2.74. The maximum atomic E-state index is 12.7. The fourth-order valence-corrected chi connectivity index (χ4v) is 4.18. The number of carbonyl (C=O) groups is 3. The molecule has 1 aliphatic heterocycles. The molecule has 0 atom stereocenters. The Morgan fingerprint density at radius 3 is 2.27 bits per heavy atom. The van der Waals surface area contributed by atoms with Crippen molar-refractivity contribution in [2.45, 2.75) is 71.8 Å². The smallest absolute Gasteiger partial charge is 0.251 e. The van der Waals surface area contributed by atoms with Gasteiger partial charge in [-0.15, -0.1) is 0 Å². The van der Waals surface area contributed by atoms with Gasteiger partial charge in [0.2, 0.25) is 11.8 Å². The third-order valence-corrected chi connectivity index (χ3v) is 6.16. The Morgan fingerprint density at radius 1 is 0.967 bits per heavy atom. The molecule has 164 valence electrons. The van der Waals surface area contributed by atoms with Gasteiger partial charge in [0.15, 0.2) is 0 Å². The second-order valence-corrected chi connectivity index (χ2v) is 9.69. The molecule has 3 amide bonds. The summed E-state index contributed by atoms with van der Waals surface area (Å²) in [4.78, 5) is 39.6. The number of carbonyl (C=O) groups excluding carboxylic acids is 3. The van der Waals surface area contributed by atoms with E-state index in [0.717, 1.165) is 38.5 Å². The number of benzene rings is 1. The van der Waals surface area contributed by atoms with Crippen molar-refractivity contribution >= 4 is 23.4 Å². The quantitative estimate of drug-likeness (QED) is 0.784. The molecule has 1 aliphatic carbocycles. The molecule has 0 spiro atoms. The minimum absolute atomic E-state index is 0.0701. The molecule has 2 N–H and O–H groups in total. The number of hydrogen-bond acceptors (Lipinski definition) is 3. The molecule has 3 rings (SSSR count). The molecular weight excluding hydrogens is 378 g/mol. The van der Waals surface area contributed by atoms with Gasteiger partial charge in [-0.25, -0.2) is 0 Å². The van der Waals surface area contributed by atoms with Gasteiger partial charge in [0.25, 0.3) is 5.91 Å². The molecule has 1 saturated heterocycles. The number of anilines is 1. The van der Waals surface area contributed by atoms with E-state index in [1.54, 1.807) is 24.3 Å². The van der Waals surface area contributed by atoms with Gasteiger partial charge < -0.3 is 15.5 Å². The molecule has 2 fully saturated rings. The van der Waals surface area contributed by atoms with Crippen LogP contribution in [-0.2, 0) is 9.59 Å². The largest absolute Gasteiger partial charge is 0.349 e. The number of hydrogen-bond donors (Lipinski definition) is 2. The van der Waals surface area contributed by atoms with E-state index >= 15 is 0 Å². The zero-order valence-electron chi connectivity index (χ0n) is 18.5. The SMILES string of the molecule is CC(C)(C)C(=O)Nc1cccc(C(=O)NC2CCN(C(=O)C3CCCCC3)CC2)c1. The van der Waals surface area contributed by atoms with E-state index < -0.39 is 5.41 Å². The minimum Gasteiger partial charge on any atom is -0.349 e. The second kappa shape index (κ2) is 9.63. The van der Waals surface area contributed by atoms with Crippen molar-refractivity contribution in [1.82, 2.24) is 10.2 Å². The monoisotopic (exact) mass is 413 g/mol. The first-order chi connectivity index (χ1) is 14.2. The number of amides is 3. The Hall–Kier alpha value is -2.37. The van der Waals surface area contributed by atoms with Crippen molar-refractivity contribution in [1.29, 1.82) is 0 Å². The highest BCUT2D eigenvalue weighted by atomic mass is 16.2. The fraction of sp³-hybridized carbons (Fsp3) is 0.625. The molecule has 1 aromatic rings. The zero-order valence-corrected chi connectivity index (χ0v) is 18.5. The molecule has 0 bridgehead atoms. The van der Waals surface area contributed by atoms with Gasteiger partial charge in [-0.05, 0) is 43.9 Å². The van der Waals surface area contributed by atoms with Crippen LogP contribution in [0.2, 0.25) is 0 Å². The van der Waals surface area contributed by atoms with Crippen molar-refractivity contribution in [3.05, 3.63) is 29.8 Å². The van der Waals surface area contributed by atoms with Crippen molar-refractivity contribution in [3.8, 4) is 0 Å². The maximum absolute atomic E-state index is 12.7. The molecule has 0 aromatic heterocycles. The summed E-state index contributed by atoms with van der Waals surface area (Å²) in [6.45, 7) is 6.97. The van der Waals surface area contributed by atoms with E-state index in [0.29, 0.717) is 30.2 Å². The van der Waals surface area contributed by atoms with Crippen LogP contribution in [0.4, 0.5) is 5.69 Å². The lowest BCUT2D eigenvalue weighted by Gasteiger charge is -2.35. The maximum Gasteiger partial charge on any atom is 0.251 e. The first-order valence-electron chi connectivity index (χ1n) is 11.3. The van der Waals surface area contributed by atoms with Crippen molar-refractivity contribution in [2.24, 2.45) is 11.3 Å². The highest BCUT2D eigenvalue weighted by Crippen LogP contribution is 2.26. The lowest BCUT2D eigenvalue weighted by molar-refractivity contribution is -0.137. The summed E-state index contributed by atoms with van der Waals surface area (Å²) in [5, 5.41) is 5.96. The third kappa shape index (κ3) is 5.83. The van der Waals surface area contributed by atoms with Crippen molar-refractivity contribution in [2.75, 3.05) is 18.4 Å². The van der Waals surface area contributed by atoms with Crippen molar-refractivity contribution in [3.63, 3.8) is 0 Å².